The molecule has 0 N–H and O–H groups in total. The van der Waals surface area contributed by atoms with E-state index in [0.717, 1.165) is 18.5 Å². The zero-order valence-corrected chi connectivity index (χ0v) is 14.0. The summed E-state index contributed by atoms with van der Waals surface area (Å²) in [4.78, 5) is 30.8. The quantitative estimate of drug-likeness (QED) is 0.774. The molecule has 1 amide bonds. The van der Waals surface area contributed by atoms with Gasteiger partial charge in [0.2, 0.25) is 0 Å². The summed E-state index contributed by atoms with van der Waals surface area (Å²) in [6, 6.07) is 1.74. The number of fused-ring (bicyclic) bond motifs is 1. The highest BCUT2D eigenvalue weighted by molar-refractivity contribution is 6.03. The molecule has 0 atom stereocenters. The zero-order chi connectivity index (χ0) is 17.4. The van der Waals surface area contributed by atoms with Crippen LogP contribution >= 0.6 is 0 Å². The van der Waals surface area contributed by atoms with E-state index in [4.69, 9.17) is 14.0 Å². The van der Waals surface area contributed by atoms with Gasteiger partial charge in [-0.2, -0.15) is 0 Å². The normalized spacial score (nSPS) is 17.7. The monoisotopic (exact) mass is 345 g/mol. The maximum atomic E-state index is 12.6. The van der Waals surface area contributed by atoms with Crippen molar-refractivity contribution < 1.29 is 23.6 Å². The Morgan fingerprint density at radius 2 is 2.08 bits per heavy atom. The molecule has 0 bridgehead atoms. The average Bonchev–Trinajstić information content (AvgIpc) is 3.43. The van der Waals surface area contributed by atoms with Gasteiger partial charge in [0.05, 0.1) is 29.9 Å². The molecule has 1 saturated heterocycles. The van der Waals surface area contributed by atoms with Crippen LogP contribution in [0.15, 0.2) is 10.6 Å². The second-order valence-electron chi connectivity index (χ2n) is 6.39. The van der Waals surface area contributed by atoms with E-state index in [2.05, 4.69) is 10.1 Å². The average molecular weight is 345 g/mol. The summed E-state index contributed by atoms with van der Waals surface area (Å²) in [5.74, 6) is -0.412. The van der Waals surface area contributed by atoms with Crippen LogP contribution in [0.5, 0.6) is 0 Å². The number of nitrogens with zero attached hydrogens (tertiary/aromatic N) is 3. The molecular formula is C17H19N3O5. The smallest absolute Gasteiger partial charge is 0.339 e. The largest absolute Gasteiger partial charge is 0.452 e. The van der Waals surface area contributed by atoms with Crippen LogP contribution in [0.25, 0.3) is 11.1 Å². The van der Waals surface area contributed by atoms with Crippen LogP contribution in [0.3, 0.4) is 0 Å². The van der Waals surface area contributed by atoms with Gasteiger partial charge in [0, 0.05) is 24.7 Å². The molecular weight excluding hydrogens is 326 g/mol. The van der Waals surface area contributed by atoms with Crippen LogP contribution in [0.1, 0.15) is 40.5 Å². The zero-order valence-electron chi connectivity index (χ0n) is 14.0. The number of ether oxygens (including phenoxy) is 2. The van der Waals surface area contributed by atoms with Crippen LogP contribution in [0.4, 0.5) is 0 Å². The Morgan fingerprint density at radius 3 is 2.80 bits per heavy atom. The highest BCUT2D eigenvalue weighted by Gasteiger charge is 2.29. The minimum Gasteiger partial charge on any atom is -0.452 e. The summed E-state index contributed by atoms with van der Waals surface area (Å²) >= 11 is 0. The van der Waals surface area contributed by atoms with Crippen molar-refractivity contribution in [1.29, 1.82) is 0 Å². The molecule has 1 aliphatic heterocycles. The second-order valence-corrected chi connectivity index (χ2v) is 6.39. The lowest BCUT2D eigenvalue weighted by Crippen LogP contribution is -2.42. The Balaban J connectivity index is 1.52. The Labute approximate surface area is 144 Å². The van der Waals surface area contributed by atoms with Crippen molar-refractivity contribution in [1.82, 2.24) is 15.0 Å². The highest BCUT2D eigenvalue weighted by atomic mass is 16.5. The van der Waals surface area contributed by atoms with Crippen molar-refractivity contribution in [2.24, 2.45) is 0 Å². The number of esters is 1. The standard InChI is InChI=1S/C17H19N3O5/c1-10-15-12(8-13(11-2-3-11)18-16(15)25-19-10)17(22)24-9-14(21)20-4-6-23-7-5-20/h8,11H,2-7,9H2,1H3. The molecule has 0 unspecified atom stereocenters. The fourth-order valence-corrected chi connectivity index (χ4v) is 2.97. The van der Waals surface area contributed by atoms with Crippen molar-refractivity contribution in [3.05, 3.63) is 23.0 Å². The highest BCUT2D eigenvalue weighted by Crippen LogP contribution is 2.40. The molecule has 2 aromatic rings. The summed E-state index contributed by atoms with van der Waals surface area (Å²) in [5.41, 5.74) is 2.10. The molecule has 3 heterocycles. The summed E-state index contributed by atoms with van der Waals surface area (Å²) < 4.78 is 15.7. The van der Waals surface area contributed by atoms with Crippen molar-refractivity contribution in [2.45, 2.75) is 25.7 Å². The first kappa shape index (κ1) is 16.0. The van der Waals surface area contributed by atoms with E-state index in [1.807, 2.05) is 0 Å². The molecule has 1 aliphatic carbocycles. The summed E-state index contributed by atoms with van der Waals surface area (Å²) in [7, 11) is 0. The first-order valence-corrected chi connectivity index (χ1v) is 8.43. The molecule has 0 aromatic carbocycles. The Bertz CT molecular complexity index is 821. The summed E-state index contributed by atoms with van der Waals surface area (Å²) in [5, 5.41) is 4.44. The molecule has 25 heavy (non-hydrogen) atoms. The van der Waals surface area contributed by atoms with Gasteiger partial charge in [-0.3, -0.25) is 4.79 Å². The fourth-order valence-electron chi connectivity index (χ4n) is 2.97. The number of morpholine rings is 1. The number of carbonyl (C=O) groups is 2. The molecule has 1 saturated carbocycles. The van der Waals surface area contributed by atoms with E-state index in [1.54, 1.807) is 17.9 Å². The second kappa shape index (κ2) is 6.44. The minimum atomic E-state index is -0.554. The fraction of sp³-hybridized carbons (Fsp3) is 0.529. The lowest BCUT2D eigenvalue weighted by atomic mass is 10.1. The summed E-state index contributed by atoms with van der Waals surface area (Å²) in [6.07, 6.45) is 2.10. The van der Waals surface area contributed by atoms with Gasteiger partial charge < -0.3 is 18.9 Å². The maximum Gasteiger partial charge on any atom is 0.339 e. The van der Waals surface area contributed by atoms with Crippen LogP contribution < -0.4 is 0 Å². The van der Waals surface area contributed by atoms with Gasteiger partial charge in [0.15, 0.2) is 6.61 Å². The lowest BCUT2D eigenvalue weighted by molar-refractivity contribution is -0.138. The molecule has 2 aliphatic rings. The van der Waals surface area contributed by atoms with Crippen LogP contribution in [-0.4, -0.2) is 59.8 Å². The van der Waals surface area contributed by atoms with Crippen molar-refractivity contribution >= 4 is 23.0 Å². The van der Waals surface area contributed by atoms with E-state index in [0.29, 0.717) is 54.6 Å². The van der Waals surface area contributed by atoms with Gasteiger partial charge in [0.1, 0.15) is 0 Å². The first-order valence-electron chi connectivity index (χ1n) is 8.43. The van der Waals surface area contributed by atoms with Gasteiger partial charge in [-0.25, -0.2) is 9.78 Å². The third kappa shape index (κ3) is 3.21. The first-order chi connectivity index (χ1) is 12.1. The molecule has 0 spiro atoms. The number of carbonyl (C=O) groups excluding carboxylic acids is 2. The van der Waals surface area contributed by atoms with Gasteiger partial charge in [-0.1, -0.05) is 5.16 Å². The number of hydrogen-bond donors (Lipinski definition) is 0. The van der Waals surface area contributed by atoms with Gasteiger partial charge in [-0.05, 0) is 25.8 Å². The molecule has 4 rings (SSSR count). The predicted octanol–water partition coefficient (Wildman–Crippen LogP) is 1.42. The molecule has 0 radical (unpaired) electrons. The minimum absolute atomic E-state index is 0.216. The van der Waals surface area contributed by atoms with E-state index in [1.165, 1.54) is 0 Å². The number of amides is 1. The predicted molar refractivity (Wildman–Crippen MR) is 86.2 cm³/mol. The van der Waals surface area contributed by atoms with E-state index >= 15 is 0 Å². The molecule has 2 aromatic heterocycles. The van der Waals surface area contributed by atoms with E-state index in [9.17, 15) is 9.59 Å². The Kier molecular flexibility index (Phi) is 4.12. The van der Waals surface area contributed by atoms with E-state index in [-0.39, 0.29) is 12.5 Å². The Hall–Kier alpha value is -2.48. The third-order valence-electron chi connectivity index (χ3n) is 4.54. The topological polar surface area (TPSA) is 94.8 Å². The van der Waals surface area contributed by atoms with E-state index < -0.39 is 5.97 Å². The lowest BCUT2D eigenvalue weighted by Gasteiger charge is -2.26. The van der Waals surface area contributed by atoms with Gasteiger partial charge >= 0.3 is 5.97 Å². The SMILES string of the molecule is Cc1noc2nc(C3CC3)cc(C(=O)OCC(=O)N3CCOCC3)c12. The van der Waals surface area contributed by atoms with Crippen LogP contribution in [-0.2, 0) is 14.3 Å². The molecule has 132 valence electrons. The van der Waals surface area contributed by atoms with Crippen LogP contribution in [0.2, 0.25) is 0 Å². The van der Waals surface area contributed by atoms with Crippen molar-refractivity contribution in [2.75, 3.05) is 32.9 Å². The van der Waals surface area contributed by atoms with Crippen molar-refractivity contribution in [3.63, 3.8) is 0 Å². The maximum absolute atomic E-state index is 12.6. The molecule has 2 fully saturated rings. The molecule has 8 heteroatoms. The number of pyridine rings is 1. The van der Waals surface area contributed by atoms with Crippen LogP contribution in [0, 0.1) is 6.92 Å². The number of aromatic nitrogens is 2. The number of aryl methyl sites for hydroxylation is 1. The Morgan fingerprint density at radius 1 is 1.32 bits per heavy atom. The molecule has 8 nitrogen and oxygen atoms in total. The third-order valence-corrected chi connectivity index (χ3v) is 4.54. The van der Waals surface area contributed by atoms with Gasteiger partial charge in [0.25, 0.3) is 11.6 Å². The van der Waals surface area contributed by atoms with Gasteiger partial charge in [-0.15, -0.1) is 0 Å². The summed E-state index contributed by atoms with van der Waals surface area (Å²) in [6.45, 7) is 3.52. The number of rotatable bonds is 4. The number of hydrogen-bond acceptors (Lipinski definition) is 7. The van der Waals surface area contributed by atoms with Crippen molar-refractivity contribution in [3.8, 4) is 0 Å².